The minimum absolute atomic E-state index is 0.0520. The highest BCUT2D eigenvalue weighted by Crippen LogP contribution is 2.41. The highest BCUT2D eigenvalue weighted by atomic mass is 16.2. The lowest BCUT2D eigenvalue weighted by atomic mass is 9.77. The molecule has 2 amide bonds. The molecule has 6 nitrogen and oxygen atoms in total. The maximum Gasteiger partial charge on any atom is 0.274 e. The highest BCUT2D eigenvalue weighted by Gasteiger charge is 2.50. The monoisotopic (exact) mass is 380 g/mol. The molecule has 0 aromatic carbocycles. The number of carbonyl (C=O) groups excluding carboxylic acids is 2. The van der Waals surface area contributed by atoms with Crippen molar-refractivity contribution >= 4 is 17.5 Å². The molecule has 1 saturated carbocycles. The van der Waals surface area contributed by atoms with Crippen molar-refractivity contribution in [1.29, 1.82) is 0 Å². The summed E-state index contributed by atoms with van der Waals surface area (Å²) in [5.74, 6) is 0.926. The second kappa shape index (κ2) is 6.61. The molecule has 0 unspecified atom stereocenters. The lowest BCUT2D eigenvalue weighted by molar-refractivity contribution is -0.146. The van der Waals surface area contributed by atoms with Crippen LogP contribution in [-0.4, -0.2) is 57.2 Å². The summed E-state index contributed by atoms with van der Waals surface area (Å²) in [5.41, 5.74) is 1.97. The molecule has 2 aromatic rings. The van der Waals surface area contributed by atoms with Crippen LogP contribution in [0.15, 0.2) is 24.5 Å². The van der Waals surface area contributed by atoms with Gasteiger partial charge in [-0.2, -0.15) is 0 Å². The van der Waals surface area contributed by atoms with Gasteiger partial charge < -0.3 is 14.2 Å². The molecule has 3 aliphatic rings. The number of aryl methyl sites for hydroxylation is 1. The Kier molecular flexibility index (Phi) is 4.18. The van der Waals surface area contributed by atoms with Gasteiger partial charge in [0, 0.05) is 38.6 Å². The smallest absolute Gasteiger partial charge is 0.274 e. The van der Waals surface area contributed by atoms with Gasteiger partial charge in [-0.15, -0.1) is 0 Å². The van der Waals surface area contributed by atoms with Crippen LogP contribution in [0.3, 0.4) is 0 Å². The van der Waals surface area contributed by atoms with Gasteiger partial charge in [0.15, 0.2) is 0 Å². The molecule has 148 valence electrons. The molecule has 28 heavy (non-hydrogen) atoms. The van der Waals surface area contributed by atoms with Gasteiger partial charge in [-0.25, -0.2) is 4.98 Å². The zero-order valence-corrected chi connectivity index (χ0v) is 16.6. The highest BCUT2D eigenvalue weighted by molar-refractivity contribution is 5.94. The number of imidazole rings is 1. The van der Waals surface area contributed by atoms with Crippen molar-refractivity contribution in [3.63, 3.8) is 0 Å². The predicted octanol–water partition coefficient (Wildman–Crippen LogP) is 2.90. The van der Waals surface area contributed by atoms with Gasteiger partial charge in [0.05, 0.1) is 5.41 Å². The first kappa shape index (κ1) is 17.7. The Morgan fingerprint density at radius 2 is 2.11 bits per heavy atom. The Labute approximate surface area is 165 Å². The summed E-state index contributed by atoms with van der Waals surface area (Å²) >= 11 is 0. The average Bonchev–Trinajstić information content (AvgIpc) is 3.27. The van der Waals surface area contributed by atoms with E-state index in [1.165, 1.54) is 19.3 Å². The normalized spacial score (nSPS) is 25.7. The number of nitrogens with zero attached hydrogens (tertiary/aromatic N) is 4. The molecular weight excluding hydrogens is 352 g/mol. The van der Waals surface area contributed by atoms with Crippen LogP contribution < -0.4 is 0 Å². The number of likely N-dealkylation sites (tertiary alicyclic amines) is 2. The molecule has 2 aromatic heterocycles. The Bertz CT molecular complexity index is 932. The molecule has 3 fully saturated rings. The molecule has 0 bridgehead atoms. The van der Waals surface area contributed by atoms with Crippen molar-refractivity contribution < 1.29 is 9.59 Å². The third-order valence-corrected chi connectivity index (χ3v) is 7.07. The van der Waals surface area contributed by atoms with E-state index in [4.69, 9.17) is 0 Å². The number of carbonyl (C=O) groups is 2. The first-order valence-corrected chi connectivity index (χ1v) is 10.6. The van der Waals surface area contributed by atoms with Gasteiger partial charge in [0.2, 0.25) is 5.91 Å². The molecule has 6 heteroatoms. The Morgan fingerprint density at radius 1 is 1.25 bits per heavy atom. The Morgan fingerprint density at radius 3 is 2.86 bits per heavy atom. The van der Waals surface area contributed by atoms with E-state index in [1.54, 1.807) is 6.20 Å². The quantitative estimate of drug-likeness (QED) is 0.823. The number of hydrogen-bond donors (Lipinski definition) is 0. The number of aromatic nitrogens is 2. The number of pyridine rings is 1. The molecule has 0 radical (unpaired) electrons. The fourth-order valence-electron chi connectivity index (χ4n) is 5.16. The maximum atomic E-state index is 13.3. The van der Waals surface area contributed by atoms with E-state index in [1.807, 2.05) is 34.6 Å². The van der Waals surface area contributed by atoms with Crippen molar-refractivity contribution in [2.45, 2.75) is 45.4 Å². The van der Waals surface area contributed by atoms with E-state index in [-0.39, 0.29) is 17.2 Å². The fourth-order valence-corrected chi connectivity index (χ4v) is 5.16. The topological polar surface area (TPSA) is 57.9 Å². The van der Waals surface area contributed by atoms with E-state index >= 15 is 0 Å². The Hall–Kier alpha value is -2.37. The van der Waals surface area contributed by atoms with Gasteiger partial charge >= 0.3 is 0 Å². The standard InChI is InChI=1S/C22H28N4O2/c1-16-5-3-10-24-14-18(23-19(16)24)20(27)26-12-9-22(15-26)8-4-11-25(21(22)28)13-17-6-2-7-17/h3,5,10,14,17H,2,4,6-9,11-13,15H2,1H3/t22-/m1/s1. The van der Waals surface area contributed by atoms with Crippen molar-refractivity contribution in [3.05, 3.63) is 35.8 Å². The van der Waals surface area contributed by atoms with Crippen molar-refractivity contribution in [1.82, 2.24) is 19.2 Å². The molecule has 2 saturated heterocycles. The third-order valence-electron chi connectivity index (χ3n) is 7.07. The van der Waals surface area contributed by atoms with E-state index in [0.29, 0.717) is 24.7 Å². The first-order chi connectivity index (χ1) is 13.6. The number of amides is 2. The summed E-state index contributed by atoms with van der Waals surface area (Å²) < 4.78 is 1.90. The predicted molar refractivity (Wildman–Crippen MR) is 106 cm³/mol. The van der Waals surface area contributed by atoms with Crippen LogP contribution in [0.2, 0.25) is 0 Å². The molecule has 1 spiro atoms. The average molecular weight is 380 g/mol. The van der Waals surface area contributed by atoms with Crippen molar-refractivity contribution in [2.75, 3.05) is 26.2 Å². The molecular formula is C22H28N4O2. The molecule has 5 rings (SSSR count). The van der Waals surface area contributed by atoms with Crippen LogP contribution in [0.5, 0.6) is 0 Å². The second-order valence-corrected chi connectivity index (χ2v) is 8.96. The number of piperidine rings is 1. The molecule has 2 aliphatic heterocycles. The van der Waals surface area contributed by atoms with E-state index in [9.17, 15) is 9.59 Å². The van der Waals surface area contributed by atoms with Crippen LogP contribution in [0, 0.1) is 18.3 Å². The van der Waals surface area contributed by atoms with Crippen LogP contribution in [0.1, 0.15) is 54.6 Å². The van der Waals surface area contributed by atoms with E-state index < -0.39 is 0 Å². The van der Waals surface area contributed by atoms with Crippen LogP contribution in [0.25, 0.3) is 5.65 Å². The second-order valence-electron chi connectivity index (χ2n) is 8.96. The number of hydrogen-bond acceptors (Lipinski definition) is 3. The summed E-state index contributed by atoms with van der Waals surface area (Å²) in [7, 11) is 0. The van der Waals surface area contributed by atoms with Crippen LogP contribution in [0.4, 0.5) is 0 Å². The van der Waals surface area contributed by atoms with E-state index in [2.05, 4.69) is 9.88 Å². The maximum absolute atomic E-state index is 13.3. The van der Waals surface area contributed by atoms with Crippen molar-refractivity contribution in [2.24, 2.45) is 11.3 Å². The van der Waals surface area contributed by atoms with Gasteiger partial charge in [-0.1, -0.05) is 12.5 Å². The summed E-state index contributed by atoms with van der Waals surface area (Å²) in [5, 5.41) is 0. The minimum Gasteiger partial charge on any atom is -0.342 e. The number of fused-ring (bicyclic) bond motifs is 1. The lowest BCUT2D eigenvalue weighted by Gasteiger charge is -2.42. The summed E-state index contributed by atoms with van der Waals surface area (Å²) in [6, 6.07) is 3.96. The largest absolute Gasteiger partial charge is 0.342 e. The molecule has 1 atom stereocenters. The Balaban J connectivity index is 1.33. The summed E-state index contributed by atoms with van der Waals surface area (Å²) in [6.45, 7) is 4.99. The first-order valence-electron chi connectivity index (χ1n) is 10.6. The summed E-state index contributed by atoms with van der Waals surface area (Å²) in [4.78, 5) is 34.9. The SMILES string of the molecule is Cc1cccn2cc(C(=O)N3CC[C@]4(CCCN(CC5CCC5)C4=O)C3)nc12. The fraction of sp³-hybridized carbons (Fsp3) is 0.591. The van der Waals surface area contributed by atoms with Crippen molar-refractivity contribution in [3.8, 4) is 0 Å². The number of rotatable bonds is 3. The van der Waals surface area contributed by atoms with Gasteiger partial charge in [-0.3, -0.25) is 9.59 Å². The molecule has 0 N–H and O–H groups in total. The van der Waals surface area contributed by atoms with Gasteiger partial charge in [0.1, 0.15) is 11.3 Å². The third kappa shape index (κ3) is 2.81. The molecule has 4 heterocycles. The van der Waals surface area contributed by atoms with Gasteiger partial charge in [0.25, 0.3) is 5.91 Å². The molecule has 1 aliphatic carbocycles. The van der Waals surface area contributed by atoms with Crippen LogP contribution >= 0.6 is 0 Å². The zero-order chi connectivity index (χ0) is 19.3. The van der Waals surface area contributed by atoms with Gasteiger partial charge in [-0.05, 0) is 56.6 Å². The minimum atomic E-state index is -0.368. The zero-order valence-electron chi connectivity index (χ0n) is 16.6. The van der Waals surface area contributed by atoms with E-state index in [0.717, 1.165) is 43.6 Å². The summed E-state index contributed by atoms with van der Waals surface area (Å²) in [6.07, 6.45) is 10.3. The van der Waals surface area contributed by atoms with Crippen LogP contribution in [-0.2, 0) is 4.79 Å². The lowest BCUT2D eigenvalue weighted by Crippen LogP contribution is -2.52.